The van der Waals surface area contributed by atoms with Crippen molar-refractivity contribution >= 4 is 35.0 Å². The Morgan fingerprint density at radius 3 is 2.22 bits per heavy atom. The molecule has 0 bridgehead atoms. The second-order valence-electron chi connectivity index (χ2n) is 8.81. The van der Waals surface area contributed by atoms with Crippen molar-refractivity contribution in [3.63, 3.8) is 0 Å². The van der Waals surface area contributed by atoms with E-state index in [1.165, 1.54) is 12.5 Å². The molecule has 1 aliphatic heterocycles. The Bertz CT molecular complexity index is 1240. The van der Waals surface area contributed by atoms with E-state index in [4.69, 9.17) is 0 Å². The Hall–Kier alpha value is -4.47. The van der Waals surface area contributed by atoms with Crippen LogP contribution in [0.15, 0.2) is 60.7 Å². The highest BCUT2D eigenvalue weighted by Crippen LogP contribution is 2.21. The summed E-state index contributed by atoms with van der Waals surface area (Å²) in [6.07, 6.45) is 0. The first-order valence-corrected chi connectivity index (χ1v) is 12.2. The number of piperazine rings is 1. The van der Waals surface area contributed by atoms with Crippen molar-refractivity contribution in [3.8, 4) is 11.4 Å². The fraction of sp³-hybridized carbons (Fsp3) is 0.296. The van der Waals surface area contributed by atoms with Gasteiger partial charge in [-0.15, -0.1) is 0 Å². The molecule has 192 valence electrons. The van der Waals surface area contributed by atoms with E-state index in [1.54, 1.807) is 11.0 Å². The van der Waals surface area contributed by atoms with Gasteiger partial charge in [0.05, 0.1) is 0 Å². The average molecular weight is 502 g/mol. The van der Waals surface area contributed by atoms with Crippen molar-refractivity contribution in [2.45, 2.75) is 13.8 Å². The fourth-order valence-corrected chi connectivity index (χ4v) is 3.98. The Morgan fingerprint density at radius 2 is 1.54 bits per heavy atom. The Labute approximate surface area is 216 Å². The quantitative estimate of drug-likeness (QED) is 0.336. The first kappa shape index (κ1) is 25.6. The number of hydrogen-bond acceptors (Lipinski definition) is 7. The molecule has 3 aromatic rings. The van der Waals surface area contributed by atoms with Crippen LogP contribution in [0.5, 0.6) is 0 Å². The van der Waals surface area contributed by atoms with Crippen LogP contribution in [-0.4, -0.2) is 71.9 Å². The summed E-state index contributed by atoms with van der Waals surface area (Å²) >= 11 is 0. The first-order valence-electron chi connectivity index (χ1n) is 12.2. The number of amides is 3. The van der Waals surface area contributed by atoms with E-state index in [0.29, 0.717) is 50.9 Å². The van der Waals surface area contributed by atoms with E-state index < -0.39 is 11.8 Å². The number of aromatic nitrogens is 2. The van der Waals surface area contributed by atoms with Gasteiger partial charge >= 0.3 is 11.8 Å². The SMILES string of the molecule is CC(=O)NCCNc1cc(NC(=O)C(=O)N2CCN(c3ccc(C)cc3)CC2)nc(-c2ccccc2)n1. The summed E-state index contributed by atoms with van der Waals surface area (Å²) in [5, 5.41) is 8.47. The maximum Gasteiger partial charge on any atom is 0.315 e. The minimum absolute atomic E-state index is 0.124. The van der Waals surface area contributed by atoms with Crippen molar-refractivity contribution in [2.24, 2.45) is 0 Å². The molecule has 0 unspecified atom stereocenters. The average Bonchev–Trinajstić information content (AvgIpc) is 2.91. The van der Waals surface area contributed by atoms with E-state index >= 15 is 0 Å². The molecule has 1 saturated heterocycles. The minimum atomic E-state index is -0.745. The largest absolute Gasteiger partial charge is 0.368 e. The van der Waals surface area contributed by atoms with Crippen LogP contribution in [0.25, 0.3) is 11.4 Å². The number of nitrogens with one attached hydrogen (secondary N) is 3. The molecule has 0 saturated carbocycles. The third kappa shape index (κ3) is 7.03. The number of nitrogens with zero attached hydrogens (tertiary/aromatic N) is 4. The molecule has 1 aromatic heterocycles. The van der Waals surface area contributed by atoms with Crippen LogP contribution in [0.3, 0.4) is 0 Å². The number of anilines is 3. The zero-order chi connectivity index (χ0) is 26.2. The maximum absolute atomic E-state index is 12.9. The summed E-state index contributed by atoms with van der Waals surface area (Å²) in [6.45, 7) is 6.54. The van der Waals surface area contributed by atoms with Crippen molar-refractivity contribution in [1.29, 1.82) is 0 Å². The molecule has 0 spiro atoms. The number of hydrogen-bond donors (Lipinski definition) is 3. The van der Waals surface area contributed by atoms with E-state index in [2.05, 4.69) is 55.1 Å². The van der Waals surface area contributed by atoms with Gasteiger partial charge in [-0.25, -0.2) is 9.97 Å². The van der Waals surface area contributed by atoms with Crippen LogP contribution >= 0.6 is 0 Å². The topological polar surface area (TPSA) is 120 Å². The van der Waals surface area contributed by atoms with E-state index in [9.17, 15) is 14.4 Å². The van der Waals surface area contributed by atoms with Gasteiger partial charge in [-0.3, -0.25) is 14.4 Å². The van der Waals surface area contributed by atoms with Gasteiger partial charge in [0.1, 0.15) is 11.6 Å². The van der Waals surface area contributed by atoms with Gasteiger partial charge in [0.25, 0.3) is 0 Å². The molecule has 0 radical (unpaired) electrons. The first-order chi connectivity index (χ1) is 17.9. The molecule has 2 heterocycles. The Balaban J connectivity index is 1.41. The lowest BCUT2D eigenvalue weighted by molar-refractivity contribution is -0.143. The molecule has 3 N–H and O–H groups in total. The van der Waals surface area contributed by atoms with Crippen LogP contribution in [0.4, 0.5) is 17.3 Å². The highest BCUT2D eigenvalue weighted by molar-refractivity contribution is 6.39. The summed E-state index contributed by atoms with van der Waals surface area (Å²) in [6, 6.07) is 19.2. The van der Waals surface area contributed by atoms with E-state index in [-0.39, 0.29) is 11.7 Å². The molecular weight excluding hydrogens is 470 g/mol. The van der Waals surface area contributed by atoms with Crippen LogP contribution < -0.4 is 20.9 Å². The number of carbonyl (C=O) groups is 3. The lowest BCUT2D eigenvalue weighted by Crippen LogP contribution is -2.51. The lowest BCUT2D eigenvalue weighted by Gasteiger charge is -2.35. The zero-order valence-corrected chi connectivity index (χ0v) is 21.0. The predicted octanol–water partition coefficient (Wildman–Crippen LogP) is 2.29. The van der Waals surface area contributed by atoms with Crippen molar-refractivity contribution in [1.82, 2.24) is 20.2 Å². The Kier molecular flexibility index (Phi) is 8.29. The van der Waals surface area contributed by atoms with Crippen LogP contribution in [0.2, 0.25) is 0 Å². The molecule has 1 fully saturated rings. The number of carbonyl (C=O) groups excluding carboxylic acids is 3. The minimum Gasteiger partial charge on any atom is -0.368 e. The summed E-state index contributed by atoms with van der Waals surface area (Å²) in [4.78, 5) is 49.6. The van der Waals surface area contributed by atoms with E-state index in [1.807, 2.05) is 37.3 Å². The molecule has 4 rings (SSSR count). The number of rotatable bonds is 7. The molecule has 37 heavy (non-hydrogen) atoms. The predicted molar refractivity (Wildman–Crippen MR) is 143 cm³/mol. The Morgan fingerprint density at radius 1 is 0.865 bits per heavy atom. The summed E-state index contributed by atoms with van der Waals surface area (Å²) < 4.78 is 0. The highest BCUT2D eigenvalue weighted by Gasteiger charge is 2.26. The van der Waals surface area contributed by atoms with Crippen LogP contribution in [0, 0.1) is 6.92 Å². The van der Waals surface area contributed by atoms with Crippen LogP contribution in [0.1, 0.15) is 12.5 Å². The third-order valence-electron chi connectivity index (χ3n) is 5.97. The number of benzene rings is 2. The summed E-state index contributed by atoms with van der Waals surface area (Å²) in [5.74, 6) is -0.379. The van der Waals surface area contributed by atoms with E-state index in [0.717, 1.165) is 11.3 Å². The molecule has 3 amide bonds. The fourth-order valence-electron chi connectivity index (χ4n) is 3.98. The summed E-state index contributed by atoms with van der Waals surface area (Å²) in [5.41, 5.74) is 3.07. The van der Waals surface area contributed by atoms with Gasteiger partial charge in [-0.05, 0) is 19.1 Å². The van der Waals surface area contributed by atoms with Crippen molar-refractivity contribution in [2.75, 3.05) is 54.8 Å². The third-order valence-corrected chi connectivity index (χ3v) is 5.97. The van der Waals surface area contributed by atoms with Crippen molar-refractivity contribution in [3.05, 3.63) is 66.2 Å². The van der Waals surface area contributed by atoms with Crippen LogP contribution in [-0.2, 0) is 14.4 Å². The monoisotopic (exact) mass is 501 g/mol. The lowest BCUT2D eigenvalue weighted by atomic mass is 10.2. The normalized spacial score (nSPS) is 13.1. The smallest absolute Gasteiger partial charge is 0.315 e. The zero-order valence-electron chi connectivity index (χ0n) is 21.0. The van der Waals surface area contributed by atoms with Gasteiger partial charge in [0.15, 0.2) is 5.82 Å². The molecule has 10 heteroatoms. The van der Waals surface area contributed by atoms with Gasteiger partial charge in [-0.2, -0.15) is 0 Å². The number of aryl methyl sites for hydroxylation is 1. The van der Waals surface area contributed by atoms with Gasteiger partial charge in [-0.1, -0.05) is 48.0 Å². The maximum atomic E-state index is 12.9. The van der Waals surface area contributed by atoms with Gasteiger partial charge < -0.3 is 25.8 Å². The van der Waals surface area contributed by atoms with Gasteiger partial charge in [0, 0.05) is 63.5 Å². The standard InChI is InChI=1S/C27H31N7O3/c1-19-8-10-22(11-9-19)33-14-16-34(17-15-33)27(37)26(36)32-24-18-23(29-13-12-28-20(2)35)30-25(31-24)21-6-4-3-5-7-21/h3-11,18H,12-17H2,1-2H3,(H,28,35)(H2,29,30,31,32,36). The molecule has 0 atom stereocenters. The molecular formula is C27H31N7O3. The molecule has 10 nitrogen and oxygen atoms in total. The van der Waals surface area contributed by atoms with Gasteiger partial charge in [0.2, 0.25) is 5.91 Å². The second-order valence-corrected chi connectivity index (χ2v) is 8.81. The van der Waals surface area contributed by atoms with Crippen molar-refractivity contribution < 1.29 is 14.4 Å². The molecule has 1 aliphatic rings. The second kappa shape index (κ2) is 12.0. The molecule has 0 aliphatic carbocycles. The highest BCUT2D eigenvalue weighted by atomic mass is 16.2. The summed E-state index contributed by atoms with van der Waals surface area (Å²) in [7, 11) is 0. The molecule has 2 aromatic carbocycles.